The number of benzene rings is 1. The van der Waals surface area contributed by atoms with Gasteiger partial charge < -0.3 is 16.2 Å². The smallest absolute Gasteiger partial charge is 0.185 e. The standard InChI is InChI=1S/C11H16ClN3O/c1-8-7-9(3-4-10(8)12)16-6-2-5-15-11(13)14/h3-4,7H,2,5-6H2,1H3,(H4,13,14,15). The number of guanidine groups is 1. The van der Waals surface area contributed by atoms with Crippen LogP contribution in [0, 0.1) is 6.92 Å². The Balaban J connectivity index is 2.32. The Morgan fingerprint density at radius 3 is 2.81 bits per heavy atom. The van der Waals surface area contributed by atoms with E-state index in [9.17, 15) is 0 Å². The highest BCUT2D eigenvalue weighted by molar-refractivity contribution is 6.31. The van der Waals surface area contributed by atoms with Crippen LogP contribution in [-0.4, -0.2) is 19.1 Å². The van der Waals surface area contributed by atoms with Crippen LogP contribution in [0.1, 0.15) is 12.0 Å². The number of nitrogens with zero attached hydrogens (tertiary/aromatic N) is 1. The molecule has 1 aromatic carbocycles. The van der Waals surface area contributed by atoms with Crippen molar-refractivity contribution < 1.29 is 4.74 Å². The molecule has 0 aliphatic heterocycles. The molecule has 0 spiro atoms. The van der Waals surface area contributed by atoms with Crippen molar-refractivity contribution in [3.63, 3.8) is 0 Å². The number of rotatable bonds is 5. The van der Waals surface area contributed by atoms with Crippen LogP contribution in [0.15, 0.2) is 23.2 Å². The van der Waals surface area contributed by atoms with E-state index >= 15 is 0 Å². The molecular formula is C11H16ClN3O. The summed E-state index contributed by atoms with van der Waals surface area (Å²) in [5.41, 5.74) is 11.4. The molecule has 0 heterocycles. The van der Waals surface area contributed by atoms with Crippen LogP contribution in [0.25, 0.3) is 0 Å². The SMILES string of the molecule is Cc1cc(OCCCN=C(N)N)ccc1Cl. The van der Waals surface area contributed by atoms with Crippen LogP contribution in [0.5, 0.6) is 5.75 Å². The number of aryl methyl sites for hydroxylation is 1. The lowest BCUT2D eigenvalue weighted by molar-refractivity contribution is 0.313. The van der Waals surface area contributed by atoms with Crippen molar-refractivity contribution in [2.75, 3.05) is 13.2 Å². The summed E-state index contributed by atoms with van der Waals surface area (Å²) < 4.78 is 5.51. The van der Waals surface area contributed by atoms with Crippen molar-refractivity contribution in [3.8, 4) is 5.75 Å². The van der Waals surface area contributed by atoms with E-state index in [-0.39, 0.29) is 5.96 Å². The topological polar surface area (TPSA) is 73.6 Å². The molecule has 0 saturated carbocycles. The van der Waals surface area contributed by atoms with Gasteiger partial charge >= 0.3 is 0 Å². The van der Waals surface area contributed by atoms with Gasteiger partial charge in [0.1, 0.15) is 5.75 Å². The number of hydrogen-bond donors (Lipinski definition) is 2. The third-order valence-electron chi connectivity index (χ3n) is 1.99. The first kappa shape index (κ1) is 12.6. The molecule has 0 aliphatic carbocycles. The van der Waals surface area contributed by atoms with E-state index in [1.807, 2.05) is 25.1 Å². The third-order valence-corrected chi connectivity index (χ3v) is 2.42. The predicted molar refractivity (Wildman–Crippen MR) is 67.0 cm³/mol. The average molecular weight is 242 g/mol. The minimum Gasteiger partial charge on any atom is -0.494 e. The minimum atomic E-state index is 0.113. The molecule has 0 fully saturated rings. The van der Waals surface area contributed by atoms with Gasteiger partial charge in [-0.2, -0.15) is 0 Å². The highest BCUT2D eigenvalue weighted by Crippen LogP contribution is 2.20. The highest BCUT2D eigenvalue weighted by atomic mass is 35.5. The van der Waals surface area contributed by atoms with Crippen LogP contribution in [0.2, 0.25) is 5.02 Å². The molecule has 1 aromatic rings. The van der Waals surface area contributed by atoms with Crippen molar-refractivity contribution in [3.05, 3.63) is 28.8 Å². The van der Waals surface area contributed by atoms with Gasteiger partial charge in [-0.3, -0.25) is 4.99 Å². The summed E-state index contributed by atoms with van der Waals surface area (Å²) in [4.78, 5) is 3.86. The maximum absolute atomic E-state index is 5.90. The lowest BCUT2D eigenvalue weighted by Gasteiger charge is -2.06. The molecule has 0 atom stereocenters. The van der Waals surface area contributed by atoms with Crippen LogP contribution in [0.4, 0.5) is 0 Å². The zero-order valence-corrected chi connectivity index (χ0v) is 10.00. The molecule has 0 aromatic heterocycles. The first-order valence-corrected chi connectivity index (χ1v) is 5.41. The zero-order chi connectivity index (χ0) is 12.0. The Labute approximate surface area is 100 Å². The molecule has 0 amide bonds. The van der Waals surface area contributed by atoms with E-state index in [0.717, 1.165) is 22.8 Å². The quantitative estimate of drug-likeness (QED) is 0.468. The van der Waals surface area contributed by atoms with Crippen molar-refractivity contribution >= 4 is 17.6 Å². The summed E-state index contributed by atoms with van der Waals surface area (Å²) in [6.45, 7) is 3.10. The molecule has 16 heavy (non-hydrogen) atoms. The second-order valence-corrected chi connectivity index (χ2v) is 3.83. The monoisotopic (exact) mass is 241 g/mol. The Hall–Kier alpha value is -1.42. The Morgan fingerprint density at radius 2 is 2.19 bits per heavy atom. The number of halogens is 1. The maximum atomic E-state index is 5.90. The van der Waals surface area contributed by atoms with Gasteiger partial charge in [0.25, 0.3) is 0 Å². The van der Waals surface area contributed by atoms with Crippen molar-refractivity contribution in [1.29, 1.82) is 0 Å². The van der Waals surface area contributed by atoms with E-state index < -0.39 is 0 Å². The van der Waals surface area contributed by atoms with Gasteiger partial charge in [0, 0.05) is 18.0 Å². The van der Waals surface area contributed by atoms with E-state index in [2.05, 4.69) is 4.99 Å². The molecule has 88 valence electrons. The van der Waals surface area contributed by atoms with E-state index in [4.69, 9.17) is 27.8 Å². The Morgan fingerprint density at radius 1 is 1.44 bits per heavy atom. The van der Waals surface area contributed by atoms with E-state index in [1.54, 1.807) is 0 Å². The fraction of sp³-hybridized carbons (Fsp3) is 0.364. The summed E-state index contributed by atoms with van der Waals surface area (Å²) >= 11 is 5.90. The molecule has 4 nitrogen and oxygen atoms in total. The molecule has 0 bridgehead atoms. The molecule has 0 aliphatic rings. The number of nitrogens with two attached hydrogens (primary N) is 2. The molecular weight excluding hydrogens is 226 g/mol. The molecule has 0 unspecified atom stereocenters. The summed E-state index contributed by atoms with van der Waals surface area (Å²) in [6.07, 6.45) is 0.777. The van der Waals surface area contributed by atoms with Crippen LogP contribution < -0.4 is 16.2 Å². The Bertz CT molecular complexity index is 375. The first-order valence-electron chi connectivity index (χ1n) is 5.04. The third kappa shape index (κ3) is 4.40. The molecule has 0 radical (unpaired) electrons. The Kier molecular flexibility index (Phi) is 4.92. The van der Waals surface area contributed by atoms with Gasteiger partial charge in [0.2, 0.25) is 0 Å². The minimum absolute atomic E-state index is 0.113. The van der Waals surface area contributed by atoms with E-state index in [0.29, 0.717) is 13.2 Å². The lowest BCUT2D eigenvalue weighted by atomic mass is 10.2. The second kappa shape index (κ2) is 6.23. The fourth-order valence-electron chi connectivity index (χ4n) is 1.17. The highest BCUT2D eigenvalue weighted by Gasteiger charge is 1.98. The summed E-state index contributed by atoms with van der Waals surface area (Å²) in [6, 6.07) is 5.57. The molecule has 1 rings (SSSR count). The van der Waals surface area contributed by atoms with Gasteiger partial charge in [0.15, 0.2) is 5.96 Å². The lowest BCUT2D eigenvalue weighted by Crippen LogP contribution is -2.23. The number of ether oxygens (including phenoxy) is 1. The summed E-state index contributed by atoms with van der Waals surface area (Å²) in [5.74, 6) is 0.925. The van der Waals surface area contributed by atoms with Crippen LogP contribution in [0.3, 0.4) is 0 Å². The van der Waals surface area contributed by atoms with Gasteiger partial charge in [0.05, 0.1) is 6.61 Å². The van der Waals surface area contributed by atoms with Crippen molar-refractivity contribution in [1.82, 2.24) is 0 Å². The zero-order valence-electron chi connectivity index (χ0n) is 9.24. The van der Waals surface area contributed by atoms with Gasteiger partial charge in [-0.1, -0.05) is 11.6 Å². The van der Waals surface area contributed by atoms with Gasteiger partial charge in [-0.25, -0.2) is 0 Å². The first-order chi connectivity index (χ1) is 7.59. The fourth-order valence-corrected chi connectivity index (χ4v) is 1.29. The largest absolute Gasteiger partial charge is 0.494 e. The number of hydrogen-bond acceptors (Lipinski definition) is 2. The second-order valence-electron chi connectivity index (χ2n) is 3.42. The average Bonchev–Trinajstić information content (AvgIpc) is 2.22. The molecule has 0 saturated heterocycles. The normalized spacial score (nSPS) is 9.88. The molecule has 4 N–H and O–H groups in total. The summed E-state index contributed by atoms with van der Waals surface area (Å²) in [5, 5.41) is 0.743. The predicted octanol–water partition coefficient (Wildman–Crippen LogP) is 1.69. The summed E-state index contributed by atoms with van der Waals surface area (Å²) in [7, 11) is 0. The van der Waals surface area contributed by atoms with Crippen LogP contribution >= 0.6 is 11.6 Å². The van der Waals surface area contributed by atoms with Gasteiger partial charge in [-0.05, 0) is 30.7 Å². The van der Waals surface area contributed by atoms with Gasteiger partial charge in [-0.15, -0.1) is 0 Å². The van der Waals surface area contributed by atoms with E-state index in [1.165, 1.54) is 0 Å². The maximum Gasteiger partial charge on any atom is 0.185 e. The molecule has 5 heteroatoms. The van der Waals surface area contributed by atoms with Crippen molar-refractivity contribution in [2.24, 2.45) is 16.5 Å². The van der Waals surface area contributed by atoms with Crippen LogP contribution in [-0.2, 0) is 0 Å². The number of aliphatic imine (C=N–C) groups is 1. The van der Waals surface area contributed by atoms with Crippen molar-refractivity contribution in [2.45, 2.75) is 13.3 Å².